The Bertz CT molecular complexity index is 356. The van der Waals surface area contributed by atoms with Crippen molar-refractivity contribution in [3.63, 3.8) is 0 Å². The second kappa shape index (κ2) is 4.90. The molecule has 1 aliphatic carbocycles. The Morgan fingerprint density at radius 3 is 2.72 bits per heavy atom. The first-order chi connectivity index (χ1) is 8.46. The van der Waals surface area contributed by atoms with Gasteiger partial charge in [0.2, 0.25) is 11.8 Å². The maximum atomic E-state index is 12.5. The molecule has 102 valence electrons. The van der Waals surface area contributed by atoms with Crippen LogP contribution in [0.4, 0.5) is 0 Å². The number of amides is 2. The van der Waals surface area contributed by atoms with Crippen LogP contribution in [0, 0.1) is 5.92 Å². The van der Waals surface area contributed by atoms with E-state index in [4.69, 9.17) is 0 Å². The van der Waals surface area contributed by atoms with Crippen molar-refractivity contribution in [2.75, 3.05) is 6.54 Å². The second-order valence-corrected chi connectivity index (χ2v) is 6.09. The van der Waals surface area contributed by atoms with Crippen LogP contribution in [0.25, 0.3) is 0 Å². The highest BCUT2D eigenvalue weighted by molar-refractivity contribution is 5.97. The Hall–Kier alpha value is -1.06. The summed E-state index contributed by atoms with van der Waals surface area (Å²) in [4.78, 5) is 26.2. The fraction of sp³-hybridized carbons (Fsp3) is 0.857. The highest BCUT2D eigenvalue weighted by Gasteiger charge is 2.44. The van der Waals surface area contributed by atoms with Gasteiger partial charge in [0.05, 0.1) is 6.54 Å². The molecule has 1 heterocycles. The van der Waals surface area contributed by atoms with E-state index in [1.54, 1.807) is 0 Å². The SMILES string of the molecule is CCC1(C)NC(=O)CN(C2CCCC(C)C2)C1=O. The number of rotatable bonds is 2. The third kappa shape index (κ3) is 2.38. The molecule has 0 radical (unpaired) electrons. The molecule has 0 aromatic carbocycles. The molecular weight excluding hydrogens is 228 g/mol. The number of nitrogens with zero attached hydrogens (tertiary/aromatic N) is 1. The van der Waals surface area contributed by atoms with Crippen molar-refractivity contribution in [1.82, 2.24) is 10.2 Å². The van der Waals surface area contributed by atoms with Crippen LogP contribution in [0.3, 0.4) is 0 Å². The Labute approximate surface area is 109 Å². The van der Waals surface area contributed by atoms with Crippen LogP contribution >= 0.6 is 0 Å². The smallest absolute Gasteiger partial charge is 0.248 e. The van der Waals surface area contributed by atoms with Gasteiger partial charge in [-0.15, -0.1) is 0 Å². The lowest BCUT2D eigenvalue weighted by Gasteiger charge is -2.44. The summed E-state index contributed by atoms with van der Waals surface area (Å²) in [6.45, 7) is 6.27. The first-order valence-electron chi connectivity index (χ1n) is 7.08. The Kier molecular flexibility index (Phi) is 3.64. The first kappa shape index (κ1) is 13.4. The van der Waals surface area contributed by atoms with Crippen LogP contribution in [0.2, 0.25) is 0 Å². The zero-order chi connectivity index (χ0) is 13.3. The van der Waals surface area contributed by atoms with Gasteiger partial charge in [0.25, 0.3) is 0 Å². The largest absolute Gasteiger partial charge is 0.340 e. The number of nitrogens with one attached hydrogen (secondary N) is 1. The molecule has 4 heteroatoms. The average Bonchev–Trinajstić information content (AvgIpc) is 2.34. The molecule has 1 saturated carbocycles. The molecule has 1 saturated heterocycles. The molecule has 3 atom stereocenters. The summed E-state index contributed by atoms with van der Waals surface area (Å²) in [5.41, 5.74) is -0.698. The van der Waals surface area contributed by atoms with E-state index in [-0.39, 0.29) is 24.4 Å². The van der Waals surface area contributed by atoms with E-state index in [1.807, 2.05) is 18.7 Å². The van der Waals surface area contributed by atoms with E-state index in [1.165, 1.54) is 12.8 Å². The minimum absolute atomic E-state index is 0.0165. The maximum Gasteiger partial charge on any atom is 0.248 e. The zero-order valence-electron chi connectivity index (χ0n) is 11.7. The van der Waals surface area contributed by atoms with Gasteiger partial charge in [-0.1, -0.05) is 26.7 Å². The van der Waals surface area contributed by atoms with E-state index < -0.39 is 5.54 Å². The van der Waals surface area contributed by atoms with Crippen molar-refractivity contribution in [2.45, 2.75) is 64.5 Å². The lowest BCUT2D eigenvalue weighted by molar-refractivity contribution is -0.152. The molecular formula is C14H24N2O2. The monoisotopic (exact) mass is 252 g/mol. The van der Waals surface area contributed by atoms with E-state index in [2.05, 4.69) is 12.2 Å². The summed E-state index contributed by atoms with van der Waals surface area (Å²) in [6, 6.07) is 0.262. The highest BCUT2D eigenvalue weighted by Crippen LogP contribution is 2.30. The van der Waals surface area contributed by atoms with E-state index in [0.29, 0.717) is 12.3 Å². The molecule has 2 fully saturated rings. The number of carbonyl (C=O) groups excluding carboxylic acids is 2. The van der Waals surface area contributed by atoms with Crippen LogP contribution < -0.4 is 5.32 Å². The topological polar surface area (TPSA) is 49.4 Å². The summed E-state index contributed by atoms with van der Waals surface area (Å²) < 4.78 is 0. The number of hydrogen-bond donors (Lipinski definition) is 1. The normalized spacial score (nSPS) is 37.6. The zero-order valence-corrected chi connectivity index (χ0v) is 11.7. The second-order valence-electron chi connectivity index (χ2n) is 6.09. The number of piperazine rings is 1. The fourth-order valence-corrected chi connectivity index (χ4v) is 3.16. The summed E-state index contributed by atoms with van der Waals surface area (Å²) in [5, 5.41) is 2.84. The van der Waals surface area contributed by atoms with Crippen LogP contribution in [-0.4, -0.2) is 34.8 Å². The lowest BCUT2D eigenvalue weighted by atomic mass is 9.84. The minimum atomic E-state index is -0.698. The summed E-state index contributed by atoms with van der Waals surface area (Å²) in [6.07, 6.45) is 5.15. The van der Waals surface area contributed by atoms with Crippen LogP contribution in [0.15, 0.2) is 0 Å². The Balaban J connectivity index is 2.16. The van der Waals surface area contributed by atoms with Gasteiger partial charge in [0.15, 0.2) is 0 Å². The van der Waals surface area contributed by atoms with Gasteiger partial charge in [-0.3, -0.25) is 9.59 Å². The molecule has 4 nitrogen and oxygen atoms in total. The molecule has 0 aromatic rings. The number of carbonyl (C=O) groups is 2. The van der Waals surface area contributed by atoms with Crippen molar-refractivity contribution in [3.05, 3.63) is 0 Å². The van der Waals surface area contributed by atoms with Crippen molar-refractivity contribution in [1.29, 1.82) is 0 Å². The van der Waals surface area contributed by atoms with E-state index in [0.717, 1.165) is 12.8 Å². The average molecular weight is 252 g/mol. The molecule has 18 heavy (non-hydrogen) atoms. The first-order valence-corrected chi connectivity index (χ1v) is 7.08. The van der Waals surface area contributed by atoms with Gasteiger partial charge in [-0.05, 0) is 32.1 Å². The van der Waals surface area contributed by atoms with Crippen molar-refractivity contribution in [3.8, 4) is 0 Å². The summed E-state index contributed by atoms with van der Waals surface area (Å²) >= 11 is 0. The molecule has 0 bridgehead atoms. The van der Waals surface area contributed by atoms with Crippen LogP contribution in [0.1, 0.15) is 52.9 Å². The molecule has 1 aliphatic heterocycles. The van der Waals surface area contributed by atoms with Crippen molar-refractivity contribution < 1.29 is 9.59 Å². The van der Waals surface area contributed by atoms with Gasteiger partial charge >= 0.3 is 0 Å². The van der Waals surface area contributed by atoms with Crippen LogP contribution in [0.5, 0.6) is 0 Å². The highest BCUT2D eigenvalue weighted by atomic mass is 16.2. The minimum Gasteiger partial charge on any atom is -0.340 e. The predicted molar refractivity (Wildman–Crippen MR) is 70.0 cm³/mol. The standard InChI is InChI=1S/C14H24N2O2/c1-4-14(3)13(18)16(9-12(17)15-14)11-7-5-6-10(2)8-11/h10-11H,4-9H2,1-3H3,(H,15,17). The number of hydrogen-bond acceptors (Lipinski definition) is 2. The van der Waals surface area contributed by atoms with Gasteiger partial charge in [-0.2, -0.15) is 0 Å². The van der Waals surface area contributed by atoms with Gasteiger partial charge in [-0.25, -0.2) is 0 Å². The van der Waals surface area contributed by atoms with E-state index in [9.17, 15) is 9.59 Å². The summed E-state index contributed by atoms with van der Waals surface area (Å²) in [7, 11) is 0. The summed E-state index contributed by atoms with van der Waals surface area (Å²) in [5.74, 6) is 0.746. The quantitative estimate of drug-likeness (QED) is 0.813. The third-order valence-electron chi connectivity index (χ3n) is 4.52. The lowest BCUT2D eigenvalue weighted by Crippen LogP contribution is -2.67. The van der Waals surface area contributed by atoms with Crippen LogP contribution in [-0.2, 0) is 9.59 Å². The molecule has 0 aromatic heterocycles. The fourth-order valence-electron chi connectivity index (χ4n) is 3.16. The molecule has 2 amide bonds. The molecule has 3 unspecified atom stereocenters. The van der Waals surface area contributed by atoms with Crippen molar-refractivity contribution in [2.24, 2.45) is 5.92 Å². The Morgan fingerprint density at radius 2 is 2.11 bits per heavy atom. The molecule has 2 aliphatic rings. The van der Waals surface area contributed by atoms with Gasteiger partial charge in [0.1, 0.15) is 5.54 Å². The maximum absolute atomic E-state index is 12.5. The Morgan fingerprint density at radius 1 is 1.39 bits per heavy atom. The van der Waals surface area contributed by atoms with Gasteiger partial charge in [0, 0.05) is 6.04 Å². The van der Waals surface area contributed by atoms with Gasteiger partial charge < -0.3 is 10.2 Å². The van der Waals surface area contributed by atoms with Crippen molar-refractivity contribution >= 4 is 11.8 Å². The van der Waals surface area contributed by atoms with E-state index >= 15 is 0 Å². The third-order valence-corrected chi connectivity index (χ3v) is 4.52. The molecule has 2 rings (SSSR count). The predicted octanol–water partition coefficient (Wildman–Crippen LogP) is 1.69. The molecule has 0 spiro atoms. The molecule has 1 N–H and O–H groups in total.